The minimum absolute atomic E-state index is 0.0165. The summed E-state index contributed by atoms with van der Waals surface area (Å²) in [4.78, 5) is 11.0. The molecule has 0 bridgehead atoms. The first-order chi connectivity index (χ1) is 7.50. The van der Waals surface area contributed by atoms with E-state index < -0.39 is 12.7 Å². The molecule has 1 fully saturated rings. The fraction of sp³-hybridized carbons (Fsp3) is 0.300. The molecule has 0 unspecified atom stereocenters. The van der Waals surface area contributed by atoms with E-state index in [0.717, 1.165) is 5.56 Å². The van der Waals surface area contributed by atoms with Crippen LogP contribution in [0.4, 0.5) is 0 Å². The van der Waals surface area contributed by atoms with Crippen molar-refractivity contribution in [2.24, 2.45) is 0 Å². The zero-order chi connectivity index (χ0) is 11.5. The Balaban J connectivity index is 2.16. The normalized spacial score (nSPS) is 28.6. The van der Waals surface area contributed by atoms with Crippen LogP contribution in [-0.2, 0) is 0 Å². The van der Waals surface area contributed by atoms with Crippen LogP contribution in [0, 0.1) is 0 Å². The highest BCUT2D eigenvalue weighted by Gasteiger charge is 2.55. The van der Waals surface area contributed by atoms with E-state index in [1.165, 1.54) is 6.07 Å². The van der Waals surface area contributed by atoms with Gasteiger partial charge in [-0.2, -0.15) is 0 Å². The van der Waals surface area contributed by atoms with Crippen molar-refractivity contribution in [3.8, 4) is 5.75 Å². The first kappa shape index (κ1) is 9.68. The molecule has 2 aliphatic rings. The number of hydrogen-bond acceptors (Lipinski definition) is 4. The topological polar surface area (TPSA) is 87.0 Å². The molecule has 1 aliphatic heterocycles. The molecule has 3 N–H and O–H groups in total. The van der Waals surface area contributed by atoms with Gasteiger partial charge in [-0.3, -0.25) is 0 Å². The van der Waals surface area contributed by atoms with Gasteiger partial charge < -0.3 is 19.8 Å². The summed E-state index contributed by atoms with van der Waals surface area (Å²) >= 11 is 0. The second-order valence-corrected chi connectivity index (χ2v) is 4.41. The molecule has 1 aliphatic carbocycles. The van der Waals surface area contributed by atoms with E-state index in [9.17, 15) is 14.8 Å². The van der Waals surface area contributed by atoms with E-state index in [1.54, 1.807) is 12.1 Å². The number of aromatic carboxylic acids is 1. The quantitative estimate of drug-likeness (QED) is 0.603. The van der Waals surface area contributed by atoms with Crippen molar-refractivity contribution in [1.82, 2.24) is 0 Å². The SMILES string of the molecule is O=C(O)c1cccc2c1O[B-](O)(O)[C@H]1C[C@@H]21. The molecule has 1 heterocycles. The zero-order valence-electron chi connectivity index (χ0n) is 8.33. The van der Waals surface area contributed by atoms with Crippen LogP contribution in [0.5, 0.6) is 5.75 Å². The number of carbonyl (C=O) groups is 1. The molecule has 16 heavy (non-hydrogen) atoms. The van der Waals surface area contributed by atoms with Crippen molar-refractivity contribution in [2.75, 3.05) is 0 Å². The van der Waals surface area contributed by atoms with Crippen LogP contribution >= 0.6 is 0 Å². The van der Waals surface area contributed by atoms with Gasteiger partial charge in [0.2, 0.25) is 0 Å². The summed E-state index contributed by atoms with van der Waals surface area (Å²) in [6.45, 7) is -2.90. The number of para-hydroxylation sites is 1. The molecule has 1 aromatic carbocycles. The molecule has 6 heteroatoms. The van der Waals surface area contributed by atoms with Gasteiger partial charge in [-0.15, -0.1) is 0 Å². The number of hydrogen-bond donors (Lipinski definition) is 3. The Bertz CT molecular complexity index is 484. The molecule has 2 atom stereocenters. The number of benzene rings is 1. The highest BCUT2D eigenvalue weighted by molar-refractivity contribution is 6.62. The first-order valence-electron chi connectivity index (χ1n) is 5.15. The largest absolute Gasteiger partial charge is 0.669 e. The van der Waals surface area contributed by atoms with Crippen molar-refractivity contribution in [1.29, 1.82) is 0 Å². The summed E-state index contributed by atoms with van der Waals surface area (Å²) in [6, 6.07) is 4.82. The predicted octanol–water partition coefficient (Wildman–Crippen LogP) is 0.558. The van der Waals surface area contributed by atoms with Crippen molar-refractivity contribution in [3.05, 3.63) is 29.3 Å². The summed E-state index contributed by atoms with van der Waals surface area (Å²) in [7, 11) is 0. The fourth-order valence-electron chi connectivity index (χ4n) is 2.46. The third kappa shape index (κ3) is 1.17. The van der Waals surface area contributed by atoms with Crippen molar-refractivity contribution >= 4 is 12.7 Å². The van der Waals surface area contributed by atoms with Crippen molar-refractivity contribution < 1.29 is 24.6 Å². The Morgan fingerprint density at radius 1 is 1.44 bits per heavy atom. The fourth-order valence-corrected chi connectivity index (χ4v) is 2.46. The second-order valence-electron chi connectivity index (χ2n) is 4.41. The Labute approximate surface area is 91.3 Å². The third-order valence-electron chi connectivity index (χ3n) is 3.36. The molecule has 84 valence electrons. The minimum atomic E-state index is -2.90. The van der Waals surface area contributed by atoms with Gasteiger partial charge >= 0.3 is 12.7 Å². The summed E-state index contributed by atoms with van der Waals surface area (Å²) < 4.78 is 5.06. The Morgan fingerprint density at radius 3 is 2.88 bits per heavy atom. The van der Waals surface area contributed by atoms with Gasteiger partial charge in [0.25, 0.3) is 0 Å². The predicted molar refractivity (Wildman–Crippen MR) is 55.3 cm³/mol. The smallest absolute Gasteiger partial charge is 0.434 e. The van der Waals surface area contributed by atoms with E-state index in [0.29, 0.717) is 6.42 Å². The van der Waals surface area contributed by atoms with Crippen LogP contribution in [-0.4, -0.2) is 27.9 Å². The van der Waals surface area contributed by atoms with E-state index >= 15 is 0 Å². The summed E-state index contributed by atoms with van der Waals surface area (Å²) in [5.41, 5.74) is 0.753. The molecular weight excluding hydrogens is 211 g/mol. The Hall–Kier alpha value is -1.53. The lowest BCUT2D eigenvalue weighted by Gasteiger charge is -2.36. The summed E-state index contributed by atoms with van der Waals surface area (Å²) in [5, 5.41) is 28.3. The lowest BCUT2D eigenvalue weighted by Crippen LogP contribution is -2.45. The van der Waals surface area contributed by atoms with Gasteiger partial charge in [0.05, 0.1) is 11.3 Å². The van der Waals surface area contributed by atoms with Crippen LogP contribution < -0.4 is 4.65 Å². The standard InChI is InChI=1S/C10H10BO5/c12-10(13)6-3-1-2-5-7-4-8(7)11(14,15)16-9(5)6/h1-3,7-8,14-15H,4H2,(H,12,13)/q-1/t7-,8-/m0/s1. The minimum Gasteiger partial charge on any atom is -0.669 e. The summed E-state index contributed by atoms with van der Waals surface area (Å²) in [5.74, 6) is -1.27. The number of rotatable bonds is 1. The average molecular weight is 221 g/mol. The lowest BCUT2D eigenvalue weighted by atomic mass is 9.68. The van der Waals surface area contributed by atoms with Gasteiger partial charge in [0, 0.05) is 0 Å². The van der Waals surface area contributed by atoms with E-state index in [4.69, 9.17) is 9.76 Å². The van der Waals surface area contributed by atoms with Crippen LogP contribution in [0.2, 0.25) is 5.82 Å². The monoisotopic (exact) mass is 221 g/mol. The molecule has 0 amide bonds. The Morgan fingerprint density at radius 2 is 2.19 bits per heavy atom. The molecule has 0 spiro atoms. The molecule has 5 nitrogen and oxygen atoms in total. The highest BCUT2D eigenvalue weighted by atomic mass is 16.6. The molecule has 1 saturated carbocycles. The van der Waals surface area contributed by atoms with Crippen LogP contribution in [0.15, 0.2) is 18.2 Å². The Kier molecular flexibility index (Phi) is 1.68. The van der Waals surface area contributed by atoms with E-state index in [-0.39, 0.29) is 23.0 Å². The van der Waals surface area contributed by atoms with Crippen molar-refractivity contribution in [2.45, 2.75) is 18.2 Å². The summed E-state index contributed by atoms with van der Waals surface area (Å²) in [6.07, 6.45) is 0.642. The molecular formula is C10H10BO5-. The second kappa shape index (κ2) is 2.78. The van der Waals surface area contributed by atoms with Gasteiger partial charge in [-0.25, -0.2) is 4.79 Å². The number of carboxylic acids is 1. The van der Waals surface area contributed by atoms with E-state index in [1.807, 2.05) is 0 Å². The molecule has 0 saturated heterocycles. The average Bonchev–Trinajstić information content (AvgIpc) is 2.96. The molecule has 1 aromatic rings. The van der Waals surface area contributed by atoms with Gasteiger partial charge in [0.15, 0.2) is 0 Å². The number of carboxylic acid groups (broad SMARTS) is 1. The van der Waals surface area contributed by atoms with E-state index in [2.05, 4.69) is 0 Å². The van der Waals surface area contributed by atoms with Gasteiger partial charge in [0.1, 0.15) is 0 Å². The van der Waals surface area contributed by atoms with Crippen LogP contribution in [0.3, 0.4) is 0 Å². The zero-order valence-corrected chi connectivity index (χ0v) is 8.33. The maximum atomic E-state index is 11.0. The maximum absolute atomic E-state index is 11.0. The first-order valence-corrected chi connectivity index (χ1v) is 5.15. The molecule has 3 rings (SSSR count). The van der Waals surface area contributed by atoms with Crippen LogP contribution in [0.25, 0.3) is 0 Å². The molecule has 0 aromatic heterocycles. The highest BCUT2D eigenvalue weighted by Crippen LogP contribution is 2.62. The third-order valence-corrected chi connectivity index (χ3v) is 3.36. The lowest BCUT2D eigenvalue weighted by molar-refractivity contribution is 0.0693. The maximum Gasteiger partial charge on any atom is 0.434 e. The molecule has 0 radical (unpaired) electrons. The van der Waals surface area contributed by atoms with Gasteiger partial charge in [-0.05, 0) is 17.5 Å². The number of fused-ring (bicyclic) bond motifs is 3. The van der Waals surface area contributed by atoms with Crippen molar-refractivity contribution in [3.63, 3.8) is 0 Å². The van der Waals surface area contributed by atoms with Gasteiger partial charge in [-0.1, -0.05) is 24.4 Å². The van der Waals surface area contributed by atoms with Crippen LogP contribution in [0.1, 0.15) is 28.3 Å².